The zero-order valence-electron chi connectivity index (χ0n) is 16.5. The van der Waals surface area contributed by atoms with E-state index in [0.717, 1.165) is 54.2 Å². The Balaban J connectivity index is 1.47. The van der Waals surface area contributed by atoms with Gasteiger partial charge in [0.15, 0.2) is 5.65 Å². The van der Waals surface area contributed by atoms with Gasteiger partial charge in [0.05, 0.1) is 5.56 Å². The largest absolute Gasteiger partial charge is 0.351 e. The van der Waals surface area contributed by atoms with Crippen LogP contribution in [0.1, 0.15) is 46.7 Å². The number of carbonyl (C=O) groups excluding carboxylic acids is 1. The first-order valence-corrected chi connectivity index (χ1v) is 10.9. The summed E-state index contributed by atoms with van der Waals surface area (Å²) in [4.78, 5) is 23.6. The zero-order valence-corrected chi connectivity index (χ0v) is 17.3. The number of rotatable bonds is 5. The van der Waals surface area contributed by atoms with Gasteiger partial charge >= 0.3 is 0 Å². The molecule has 1 N–H and O–H groups in total. The summed E-state index contributed by atoms with van der Waals surface area (Å²) in [5.41, 5.74) is 4.36. The highest BCUT2D eigenvalue weighted by Crippen LogP contribution is 2.24. The van der Waals surface area contributed by atoms with E-state index in [2.05, 4.69) is 41.1 Å². The highest BCUT2D eigenvalue weighted by Gasteiger charge is 2.20. The molecule has 1 aromatic carbocycles. The molecule has 146 valence electrons. The van der Waals surface area contributed by atoms with E-state index in [1.165, 1.54) is 16.9 Å². The van der Waals surface area contributed by atoms with Crippen molar-refractivity contribution in [2.45, 2.75) is 51.0 Å². The summed E-state index contributed by atoms with van der Waals surface area (Å²) < 4.78 is 2.21. The van der Waals surface area contributed by atoms with E-state index in [1.54, 1.807) is 11.8 Å². The number of carbonyl (C=O) groups is 1. The van der Waals surface area contributed by atoms with Crippen molar-refractivity contribution in [1.82, 2.24) is 19.9 Å². The van der Waals surface area contributed by atoms with E-state index in [9.17, 15) is 4.79 Å². The maximum absolute atomic E-state index is 12.9. The van der Waals surface area contributed by atoms with E-state index in [0.29, 0.717) is 12.1 Å². The van der Waals surface area contributed by atoms with Crippen molar-refractivity contribution in [2.24, 2.45) is 0 Å². The number of fused-ring (bicyclic) bond motifs is 3. The van der Waals surface area contributed by atoms with E-state index in [4.69, 9.17) is 9.97 Å². The van der Waals surface area contributed by atoms with E-state index >= 15 is 0 Å². The van der Waals surface area contributed by atoms with Gasteiger partial charge in [-0.2, -0.15) is 0 Å². The Kier molecular flexibility index (Phi) is 5.67. The van der Waals surface area contributed by atoms with Crippen LogP contribution in [0.25, 0.3) is 11.2 Å². The number of benzene rings is 1. The van der Waals surface area contributed by atoms with Crippen LogP contribution >= 0.6 is 11.8 Å². The Hall–Kier alpha value is -2.34. The molecule has 3 heterocycles. The zero-order chi connectivity index (χ0) is 19.5. The fraction of sp³-hybridized carbons (Fsp3) is 0.409. The van der Waals surface area contributed by atoms with Crippen LogP contribution in [0.2, 0.25) is 0 Å². The predicted octanol–water partition coefficient (Wildman–Crippen LogP) is 4.30. The number of pyridine rings is 1. The second-order valence-corrected chi connectivity index (χ2v) is 8.56. The third-order valence-corrected chi connectivity index (χ3v) is 6.13. The molecule has 0 radical (unpaired) electrons. The average molecular weight is 395 g/mol. The highest BCUT2D eigenvalue weighted by atomic mass is 32.2. The molecule has 0 fully saturated rings. The van der Waals surface area contributed by atoms with Gasteiger partial charge in [-0.25, -0.2) is 9.97 Å². The van der Waals surface area contributed by atoms with Crippen molar-refractivity contribution in [2.75, 3.05) is 12.3 Å². The predicted molar refractivity (Wildman–Crippen MR) is 114 cm³/mol. The molecule has 6 heteroatoms. The first kappa shape index (κ1) is 19.0. The monoisotopic (exact) mass is 394 g/mol. The Morgan fingerprint density at radius 2 is 1.96 bits per heavy atom. The highest BCUT2D eigenvalue weighted by molar-refractivity contribution is 7.99. The van der Waals surface area contributed by atoms with Crippen LogP contribution in [-0.4, -0.2) is 32.7 Å². The van der Waals surface area contributed by atoms with Crippen molar-refractivity contribution in [3.8, 4) is 0 Å². The minimum absolute atomic E-state index is 0.0618. The third-order valence-electron chi connectivity index (χ3n) is 5.11. The molecule has 0 spiro atoms. The van der Waals surface area contributed by atoms with Crippen molar-refractivity contribution >= 4 is 28.8 Å². The number of imidazole rings is 1. The number of thioether (sulfide) groups is 1. The van der Waals surface area contributed by atoms with Gasteiger partial charge in [-0.15, -0.1) is 11.8 Å². The normalized spacial score (nSPS) is 13.9. The molecule has 5 nitrogen and oxygen atoms in total. The van der Waals surface area contributed by atoms with Gasteiger partial charge < -0.3 is 9.88 Å². The summed E-state index contributed by atoms with van der Waals surface area (Å²) in [5.74, 6) is 1.84. The van der Waals surface area contributed by atoms with Gasteiger partial charge in [-0.3, -0.25) is 4.79 Å². The molecule has 2 aromatic heterocycles. The molecule has 1 amide bonds. The molecule has 1 aliphatic heterocycles. The van der Waals surface area contributed by atoms with Crippen molar-refractivity contribution in [3.63, 3.8) is 0 Å². The molecule has 4 rings (SSSR count). The molecule has 1 aliphatic rings. The molecular formula is C22H26N4OS. The van der Waals surface area contributed by atoms with Crippen molar-refractivity contribution < 1.29 is 4.79 Å². The van der Waals surface area contributed by atoms with Gasteiger partial charge in [-0.05, 0) is 44.9 Å². The SMILES string of the molecule is Cc1ccc(SCCNC(=O)c2cc(C)nc3c2nc2n3CCCCC2)cc1. The van der Waals surface area contributed by atoms with Crippen molar-refractivity contribution in [1.29, 1.82) is 0 Å². The minimum atomic E-state index is -0.0618. The van der Waals surface area contributed by atoms with Crippen LogP contribution in [0.5, 0.6) is 0 Å². The lowest BCUT2D eigenvalue weighted by Gasteiger charge is -2.08. The molecule has 0 bridgehead atoms. The summed E-state index contributed by atoms with van der Waals surface area (Å²) in [6, 6.07) is 10.3. The third kappa shape index (κ3) is 4.07. The standard InChI is InChI=1S/C22H26N4OS/c1-15-7-9-17(10-8-15)28-13-11-23-22(27)18-14-16(2)24-21-20(18)25-19-6-4-3-5-12-26(19)21/h7-10,14H,3-6,11-13H2,1-2H3,(H,23,27). The maximum Gasteiger partial charge on any atom is 0.253 e. The molecule has 0 atom stereocenters. The topological polar surface area (TPSA) is 59.8 Å². The molecule has 0 aliphatic carbocycles. The van der Waals surface area contributed by atoms with Crippen LogP contribution in [-0.2, 0) is 13.0 Å². The Morgan fingerprint density at radius 3 is 2.79 bits per heavy atom. The van der Waals surface area contributed by atoms with E-state index in [-0.39, 0.29) is 5.91 Å². The first-order valence-electron chi connectivity index (χ1n) is 9.96. The lowest BCUT2D eigenvalue weighted by molar-refractivity contribution is 0.0957. The fourth-order valence-electron chi connectivity index (χ4n) is 3.65. The fourth-order valence-corrected chi connectivity index (χ4v) is 4.42. The number of nitrogens with one attached hydrogen (secondary N) is 1. The number of nitrogens with zero attached hydrogens (tertiary/aromatic N) is 3. The molecule has 28 heavy (non-hydrogen) atoms. The number of amides is 1. The molecule has 0 saturated carbocycles. The smallest absolute Gasteiger partial charge is 0.253 e. The van der Waals surface area contributed by atoms with Crippen LogP contribution in [0.15, 0.2) is 35.2 Å². The van der Waals surface area contributed by atoms with Crippen LogP contribution in [0.4, 0.5) is 0 Å². The lowest BCUT2D eigenvalue weighted by Crippen LogP contribution is -2.26. The minimum Gasteiger partial charge on any atom is -0.351 e. The number of hydrogen-bond acceptors (Lipinski definition) is 4. The summed E-state index contributed by atoms with van der Waals surface area (Å²) in [6.07, 6.45) is 4.48. The lowest BCUT2D eigenvalue weighted by atomic mass is 10.2. The van der Waals surface area contributed by atoms with Gasteiger partial charge in [0.1, 0.15) is 11.3 Å². The Labute approximate surface area is 170 Å². The second kappa shape index (κ2) is 8.35. The van der Waals surface area contributed by atoms with Gasteiger partial charge in [-0.1, -0.05) is 24.1 Å². The summed E-state index contributed by atoms with van der Waals surface area (Å²) >= 11 is 1.75. The van der Waals surface area contributed by atoms with Crippen molar-refractivity contribution in [3.05, 3.63) is 53.0 Å². The molecule has 0 unspecified atom stereocenters. The Bertz CT molecular complexity index is 994. The van der Waals surface area contributed by atoms with Crippen LogP contribution < -0.4 is 5.32 Å². The van der Waals surface area contributed by atoms with Gasteiger partial charge in [0.25, 0.3) is 5.91 Å². The quantitative estimate of drug-likeness (QED) is 0.518. The van der Waals surface area contributed by atoms with E-state index in [1.807, 2.05) is 13.0 Å². The molecular weight excluding hydrogens is 368 g/mol. The second-order valence-electron chi connectivity index (χ2n) is 7.39. The average Bonchev–Trinajstić information content (AvgIpc) is 2.87. The first-order chi connectivity index (χ1) is 13.6. The van der Waals surface area contributed by atoms with Gasteiger partial charge in [0.2, 0.25) is 0 Å². The van der Waals surface area contributed by atoms with Gasteiger partial charge in [0, 0.05) is 35.9 Å². The summed E-state index contributed by atoms with van der Waals surface area (Å²) in [7, 11) is 0. The molecule has 3 aromatic rings. The Morgan fingerprint density at radius 1 is 1.14 bits per heavy atom. The van der Waals surface area contributed by atoms with E-state index < -0.39 is 0 Å². The summed E-state index contributed by atoms with van der Waals surface area (Å²) in [6.45, 7) is 5.59. The number of hydrogen-bond donors (Lipinski definition) is 1. The van der Waals surface area contributed by atoms with Crippen LogP contribution in [0, 0.1) is 13.8 Å². The number of aromatic nitrogens is 3. The summed E-state index contributed by atoms with van der Waals surface area (Å²) in [5, 5.41) is 3.06. The van der Waals surface area contributed by atoms with Crippen LogP contribution in [0.3, 0.4) is 0 Å². The number of aryl methyl sites for hydroxylation is 4. The maximum atomic E-state index is 12.9. The molecule has 0 saturated heterocycles.